The molecule has 1 fully saturated rings. The van der Waals surface area contributed by atoms with Crippen LogP contribution in [0, 0.1) is 5.92 Å². The highest BCUT2D eigenvalue weighted by atomic mass is 15.1. The Hall–Kier alpha value is -1.12. The Balaban J connectivity index is 1.63. The van der Waals surface area contributed by atoms with Crippen LogP contribution in [-0.2, 0) is 0 Å². The van der Waals surface area contributed by atoms with Gasteiger partial charge in [0.2, 0.25) is 0 Å². The summed E-state index contributed by atoms with van der Waals surface area (Å²) in [5, 5.41) is 3.55. The van der Waals surface area contributed by atoms with Crippen molar-refractivity contribution in [1.29, 1.82) is 0 Å². The van der Waals surface area contributed by atoms with Gasteiger partial charge in [-0.25, -0.2) is 0 Å². The predicted octanol–water partition coefficient (Wildman–Crippen LogP) is 3.41. The van der Waals surface area contributed by atoms with Gasteiger partial charge in [-0.15, -0.1) is 0 Å². The summed E-state index contributed by atoms with van der Waals surface area (Å²) in [7, 11) is 0. The zero-order chi connectivity index (χ0) is 14.0. The molecule has 0 radical (unpaired) electrons. The number of nitrogens with one attached hydrogen (secondary N) is 1. The third-order valence-corrected chi connectivity index (χ3v) is 4.04. The van der Waals surface area contributed by atoms with Crippen molar-refractivity contribution in [3.63, 3.8) is 0 Å². The quantitative estimate of drug-likeness (QED) is 0.765. The molecule has 1 N–H and O–H groups in total. The second-order valence-corrected chi connectivity index (χ2v) is 5.76. The second-order valence-electron chi connectivity index (χ2n) is 5.76. The van der Waals surface area contributed by atoms with E-state index in [9.17, 15) is 0 Å². The SMILES string of the molecule is CCCNCC1CCN(CC=Cc2ccccc2)CC1. The van der Waals surface area contributed by atoms with Gasteiger partial charge in [-0.05, 0) is 56.9 Å². The lowest BCUT2D eigenvalue weighted by atomic mass is 9.97. The first kappa shape index (κ1) is 15.3. The minimum absolute atomic E-state index is 0.885. The molecule has 0 amide bonds. The van der Waals surface area contributed by atoms with Crippen molar-refractivity contribution in [1.82, 2.24) is 10.2 Å². The molecular weight excluding hydrogens is 244 g/mol. The number of hydrogen-bond donors (Lipinski definition) is 1. The van der Waals surface area contributed by atoms with Crippen LogP contribution in [0.4, 0.5) is 0 Å². The average molecular weight is 272 g/mol. The number of nitrogens with zero attached hydrogens (tertiary/aromatic N) is 1. The Morgan fingerprint density at radius 3 is 2.65 bits per heavy atom. The molecule has 0 aliphatic carbocycles. The smallest absolute Gasteiger partial charge is 0.0166 e. The molecule has 0 aromatic heterocycles. The van der Waals surface area contributed by atoms with E-state index in [1.165, 1.54) is 51.0 Å². The van der Waals surface area contributed by atoms with Gasteiger partial charge >= 0.3 is 0 Å². The summed E-state index contributed by atoms with van der Waals surface area (Å²) in [6.07, 6.45) is 8.45. The molecule has 2 nitrogen and oxygen atoms in total. The van der Waals surface area contributed by atoms with E-state index < -0.39 is 0 Å². The fourth-order valence-electron chi connectivity index (χ4n) is 2.76. The molecule has 0 unspecified atom stereocenters. The maximum atomic E-state index is 3.55. The van der Waals surface area contributed by atoms with E-state index >= 15 is 0 Å². The fourth-order valence-corrected chi connectivity index (χ4v) is 2.76. The van der Waals surface area contributed by atoms with Crippen LogP contribution < -0.4 is 5.32 Å². The lowest BCUT2D eigenvalue weighted by Crippen LogP contribution is -2.37. The molecule has 1 saturated heterocycles. The van der Waals surface area contributed by atoms with Crippen LogP contribution in [0.5, 0.6) is 0 Å². The van der Waals surface area contributed by atoms with Crippen molar-refractivity contribution in [2.75, 3.05) is 32.7 Å². The van der Waals surface area contributed by atoms with Gasteiger partial charge in [-0.1, -0.05) is 49.4 Å². The van der Waals surface area contributed by atoms with Crippen molar-refractivity contribution in [3.05, 3.63) is 42.0 Å². The zero-order valence-electron chi connectivity index (χ0n) is 12.7. The molecule has 0 bridgehead atoms. The third kappa shape index (κ3) is 5.48. The van der Waals surface area contributed by atoms with Crippen LogP contribution in [0.2, 0.25) is 0 Å². The minimum atomic E-state index is 0.885. The molecule has 0 atom stereocenters. The molecule has 1 aliphatic rings. The number of piperidine rings is 1. The van der Waals surface area contributed by atoms with Crippen LogP contribution in [0.15, 0.2) is 36.4 Å². The lowest BCUT2D eigenvalue weighted by Gasteiger charge is -2.31. The Labute approximate surface area is 123 Å². The van der Waals surface area contributed by atoms with Crippen molar-refractivity contribution in [3.8, 4) is 0 Å². The Morgan fingerprint density at radius 1 is 1.20 bits per heavy atom. The van der Waals surface area contributed by atoms with E-state index in [4.69, 9.17) is 0 Å². The van der Waals surface area contributed by atoms with Crippen molar-refractivity contribution in [2.45, 2.75) is 26.2 Å². The molecule has 2 rings (SSSR count). The summed E-state index contributed by atoms with van der Waals surface area (Å²) in [4.78, 5) is 2.57. The molecule has 1 aromatic rings. The van der Waals surface area contributed by atoms with E-state index in [0.29, 0.717) is 0 Å². The largest absolute Gasteiger partial charge is 0.316 e. The van der Waals surface area contributed by atoms with Crippen LogP contribution in [-0.4, -0.2) is 37.6 Å². The molecule has 1 aliphatic heterocycles. The van der Waals surface area contributed by atoms with Crippen molar-refractivity contribution in [2.24, 2.45) is 5.92 Å². The van der Waals surface area contributed by atoms with E-state index in [-0.39, 0.29) is 0 Å². The predicted molar refractivity (Wildman–Crippen MR) is 87.8 cm³/mol. The number of benzene rings is 1. The maximum absolute atomic E-state index is 3.55. The zero-order valence-corrected chi connectivity index (χ0v) is 12.7. The molecule has 0 saturated carbocycles. The first-order valence-corrected chi connectivity index (χ1v) is 8.03. The van der Waals surface area contributed by atoms with E-state index in [0.717, 1.165) is 12.5 Å². The van der Waals surface area contributed by atoms with E-state index in [1.54, 1.807) is 0 Å². The molecule has 2 heteroatoms. The van der Waals surface area contributed by atoms with Crippen molar-refractivity contribution < 1.29 is 0 Å². The van der Waals surface area contributed by atoms with Crippen LogP contribution in [0.25, 0.3) is 6.08 Å². The summed E-state index contributed by atoms with van der Waals surface area (Å²) in [5.41, 5.74) is 1.30. The normalized spacial score (nSPS) is 17.9. The third-order valence-electron chi connectivity index (χ3n) is 4.04. The number of likely N-dealkylation sites (tertiary alicyclic amines) is 1. The maximum Gasteiger partial charge on any atom is 0.0166 e. The Kier molecular flexibility index (Phi) is 6.82. The molecule has 20 heavy (non-hydrogen) atoms. The van der Waals surface area contributed by atoms with Gasteiger partial charge in [-0.3, -0.25) is 4.90 Å². The summed E-state index contributed by atoms with van der Waals surface area (Å²) in [5.74, 6) is 0.885. The summed E-state index contributed by atoms with van der Waals surface area (Å²) in [6, 6.07) is 10.6. The van der Waals surface area contributed by atoms with Gasteiger partial charge in [0.05, 0.1) is 0 Å². The lowest BCUT2D eigenvalue weighted by molar-refractivity contribution is 0.198. The van der Waals surface area contributed by atoms with Gasteiger partial charge < -0.3 is 5.32 Å². The molecule has 110 valence electrons. The Morgan fingerprint density at radius 2 is 1.95 bits per heavy atom. The minimum Gasteiger partial charge on any atom is -0.316 e. The number of hydrogen-bond acceptors (Lipinski definition) is 2. The topological polar surface area (TPSA) is 15.3 Å². The van der Waals surface area contributed by atoms with Gasteiger partial charge in [0, 0.05) is 6.54 Å². The van der Waals surface area contributed by atoms with Crippen LogP contribution >= 0.6 is 0 Å². The highest BCUT2D eigenvalue weighted by molar-refractivity contribution is 5.48. The monoisotopic (exact) mass is 272 g/mol. The van der Waals surface area contributed by atoms with Gasteiger partial charge in [-0.2, -0.15) is 0 Å². The standard InChI is InChI=1S/C18H28N2/c1-2-12-19-16-18-10-14-20(15-11-18)13-6-9-17-7-4-3-5-8-17/h3-9,18-19H,2,10-16H2,1H3. The highest BCUT2D eigenvalue weighted by Gasteiger charge is 2.17. The van der Waals surface area contributed by atoms with Gasteiger partial charge in [0.1, 0.15) is 0 Å². The van der Waals surface area contributed by atoms with E-state index in [1.807, 2.05) is 0 Å². The van der Waals surface area contributed by atoms with Gasteiger partial charge in [0.25, 0.3) is 0 Å². The van der Waals surface area contributed by atoms with E-state index in [2.05, 4.69) is 59.6 Å². The van der Waals surface area contributed by atoms with Crippen LogP contribution in [0.3, 0.4) is 0 Å². The number of rotatable bonds is 7. The summed E-state index contributed by atoms with van der Waals surface area (Å²) >= 11 is 0. The Bertz CT molecular complexity index is 378. The van der Waals surface area contributed by atoms with Gasteiger partial charge in [0.15, 0.2) is 0 Å². The summed E-state index contributed by atoms with van der Waals surface area (Å²) < 4.78 is 0. The molecule has 0 spiro atoms. The first-order chi connectivity index (χ1) is 9.88. The molecular formula is C18H28N2. The second kappa shape index (κ2) is 8.93. The highest BCUT2D eigenvalue weighted by Crippen LogP contribution is 2.16. The molecule has 1 aromatic carbocycles. The average Bonchev–Trinajstić information content (AvgIpc) is 2.50. The molecule has 1 heterocycles. The fraction of sp³-hybridized carbons (Fsp3) is 0.556. The van der Waals surface area contributed by atoms with Crippen LogP contribution in [0.1, 0.15) is 31.7 Å². The first-order valence-electron chi connectivity index (χ1n) is 8.03. The summed E-state index contributed by atoms with van der Waals surface area (Å²) in [6.45, 7) is 8.19. The van der Waals surface area contributed by atoms with Crippen molar-refractivity contribution >= 4 is 6.08 Å².